The van der Waals surface area contributed by atoms with Gasteiger partial charge in [0.1, 0.15) is 0 Å². The van der Waals surface area contributed by atoms with Crippen LogP contribution in [-0.4, -0.2) is 25.7 Å². The van der Waals surface area contributed by atoms with E-state index < -0.39 is 0 Å². The molecule has 0 amide bonds. The van der Waals surface area contributed by atoms with Crippen molar-refractivity contribution in [2.45, 2.75) is 93.5 Å². The molecule has 2 fully saturated rings. The van der Waals surface area contributed by atoms with Crippen molar-refractivity contribution < 1.29 is 0 Å². The summed E-state index contributed by atoms with van der Waals surface area (Å²) in [5.41, 5.74) is 0. The minimum Gasteiger partial charge on any atom is -0.316 e. The molecule has 20 heavy (non-hydrogen) atoms. The van der Waals surface area contributed by atoms with E-state index >= 15 is 0 Å². The molecule has 2 aliphatic heterocycles. The van der Waals surface area contributed by atoms with Gasteiger partial charge in [-0.05, 0) is 58.2 Å². The summed E-state index contributed by atoms with van der Waals surface area (Å²) in [6.45, 7) is 20.3. The molecule has 2 rings (SSSR count). The molecule has 126 valence electrons. The number of hydrogen-bond acceptors (Lipinski definition) is 2. The third-order valence-corrected chi connectivity index (χ3v) is 3.10. The Balaban J connectivity index is -0.000000211. The second-order valence-electron chi connectivity index (χ2n) is 4.80. The average molecular weight is 289 g/mol. The molecule has 2 unspecified atom stereocenters. The van der Waals surface area contributed by atoms with Crippen LogP contribution in [0.15, 0.2) is 0 Å². The highest BCUT2D eigenvalue weighted by atomic mass is 14.9. The smallest absolute Gasteiger partial charge is 0.00387 e. The fraction of sp³-hybridized carbons (Fsp3) is 1.00. The van der Waals surface area contributed by atoms with E-state index in [-0.39, 0.29) is 0 Å². The molecule has 2 heteroatoms. The Morgan fingerprint density at radius 2 is 1.30 bits per heavy atom. The normalized spacial score (nSPS) is 24.0. The summed E-state index contributed by atoms with van der Waals surface area (Å²) < 4.78 is 0. The SMILES string of the molecule is CC.CC.CC.CC1CCCCN1.CC1CCCNC1. The minimum atomic E-state index is 0.786. The van der Waals surface area contributed by atoms with Crippen molar-refractivity contribution in [2.75, 3.05) is 19.6 Å². The first-order chi connectivity index (χ1) is 9.79. The molecule has 0 saturated carbocycles. The van der Waals surface area contributed by atoms with E-state index in [1.807, 2.05) is 41.5 Å². The second-order valence-corrected chi connectivity index (χ2v) is 4.80. The second kappa shape index (κ2) is 24.0. The van der Waals surface area contributed by atoms with Crippen LogP contribution >= 0.6 is 0 Å². The van der Waals surface area contributed by atoms with Crippen LogP contribution in [0.3, 0.4) is 0 Å². The van der Waals surface area contributed by atoms with Crippen molar-refractivity contribution in [1.29, 1.82) is 0 Å². The van der Waals surface area contributed by atoms with Crippen LogP contribution in [0.5, 0.6) is 0 Å². The Morgan fingerprint density at radius 3 is 1.50 bits per heavy atom. The summed E-state index contributed by atoms with van der Waals surface area (Å²) >= 11 is 0. The summed E-state index contributed by atoms with van der Waals surface area (Å²) in [4.78, 5) is 0. The number of nitrogens with one attached hydrogen (secondary N) is 2. The van der Waals surface area contributed by atoms with E-state index in [1.54, 1.807) is 0 Å². The quantitative estimate of drug-likeness (QED) is 0.637. The molecule has 2 N–H and O–H groups in total. The molecule has 0 spiro atoms. The van der Waals surface area contributed by atoms with Crippen LogP contribution < -0.4 is 10.6 Å². The van der Waals surface area contributed by atoms with Crippen LogP contribution in [0.1, 0.15) is 87.5 Å². The van der Waals surface area contributed by atoms with E-state index in [9.17, 15) is 0 Å². The molecular weight excluding hydrogens is 244 g/mol. The van der Waals surface area contributed by atoms with Crippen molar-refractivity contribution in [3.63, 3.8) is 0 Å². The third kappa shape index (κ3) is 20.2. The third-order valence-electron chi connectivity index (χ3n) is 3.10. The van der Waals surface area contributed by atoms with Crippen LogP contribution in [0.4, 0.5) is 0 Å². The van der Waals surface area contributed by atoms with Crippen molar-refractivity contribution in [3.05, 3.63) is 0 Å². The number of piperidine rings is 2. The predicted octanol–water partition coefficient (Wildman–Crippen LogP) is 5.23. The molecule has 0 aromatic carbocycles. The Kier molecular flexibility index (Phi) is 29.9. The summed E-state index contributed by atoms with van der Waals surface area (Å²) in [7, 11) is 0. The zero-order valence-electron chi connectivity index (χ0n) is 15.8. The van der Waals surface area contributed by atoms with Crippen LogP contribution in [-0.2, 0) is 0 Å². The highest BCUT2D eigenvalue weighted by Crippen LogP contribution is 2.06. The van der Waals surface area contributed by atoms with Crippen LogP contribution in [0, 0.1) is 5.92 Å². The first kappa shape index (κ1) is 24.9. The van der Waals surface area contributed by atoms with Crippen molar-refractivity contribution in [3.8, 4) is 0 Å². The first-order valence-corrected chi connectivity index (χ1v) is 9.23. The van der Waals surface area contributed by atoms with Gasteiger partial charge in [0.2, 0.25) is 0 Å². The molecule has 2 atom stereocenters. The van der Waals surface area contributed by atoms with Crippen LogP contribution in [0.2, 0.25) is 0 Å². The average Bonchev–Trinajstić information content (AvgIpc) is 2.55. The standard InChI is InChI=1S/2C6H13N.3C2H6/c1-6-3-2-4-7-5-6;1-6-4-2-3-5-7-6;3*1-2/h2*6-7H,2-5H2,1H3;3*1-2H3. The molecule has 2 aliphatic rings. The Labute approximate surface area is 130 Å². The van der Waals surface area contributed by atoms with Gasteiger partial charge in [-0.3, -0.25) is 0 Å². The van der Waals surface area contributed by atoms with Crippen molar-refractivity contribution in [1.82, 2.24) is 10.6 Å². The topological polar surface area (TPSA) is 24.1 Å². The number of hydrogen-bond donors (Lipinski definition) is 2. The highest BCUT2D eigenvalue weighted by Gasteiger charge is 2.05. The Hall–Kier alpha value is -0.0800. The highest BCUT2D eigenvalue weighted by molar-refractivity contribution is 4.65. The largest absolute Gasteiger partial charge is 0.316 e. The maximum Gasteiger partial charge on any atom is 0.00387 e. The summed E-state index contributed by atoms with van der Waals surface area (Å²) in [6, 6.07) is 0.786. The van der Waals surface area contributed by atoms with E-state index in [0.29, 0.717) is 0 Å². The molecule has 0 radical (unpaired) electrons. The molecule has 0 aromatic heterocycles. The van der Waals surface area contributed by atoms with E-state index in [1.165, 1.54) is 51.7 Å². The predicted molar refractivity (Wildman–Crippen MR) is 96.6 cm³/mol. The van der Waals surface area contributed by atoms with Crippen molar-refractivity contribution in [2.24, 2.45) is 5.92 Å². The molecule has 2 saturated heterocycles. The molecule has 2 nitrogen and oxygen atoms in total. The van der Waals surface area contributed by atoms with Gasteiger partial charge in [0.15, 0.2) is 0 Å². The van der Waals surface area contributed by atoms with E-state index in [4.69, 9.17) is 0 Å². The molecule has 0 aliphatic carbocycles. The lowest BCUT2D eigenvalue weighted by Crippen LogP contribution is -2.30. The van der Waals surface area contributed by atoms with Gasteiger partial charge in [-0.1, -0.05) is 54.9 Å². The van der Waals surface area contributed by atoms with Gasteiger partial charge in [-0.25, -0.2) is 0 Å². The van der Waals surface area contributed by atoms with Crippen molar-refractivity contribution >= 4 is 0 Å². The molecule has 0 aromatic rings. The van der Waals surface area contributed by atoms with Gasteiger partial charge < -0.3 is 10.6 Å². The van der Waals surface area contributed by atoms with Gasteiger partial charge in [0.05, 0.1) is 0 Å². The van der Waals surface area contributed by atoms with Gasteiger partial charge in [-0.15, -0.1) is 0 Å². The van der Waals surface area contributed by atoms with Gasteiger partial charge >= 0.3 is 0 Å². The Bertz CT molecular complexity index is 109. The van der Waals surface area contributed by atoms with Gasteiger partial charge in [-0.2, -0.15) is 0 Å². The fourth-order valence-electron chi connectivity index (χ4n) is 2.05. The monoisotopic (exact) mass is 288 g/mol. The lowest BCUT2D eigenvalue weighted by Gasteiger charge is -2.18. The van der Waals surface area contributed by atoms with Gasteiger partial charge in [0.25, 0.3) is 0 Å². The first-order valence-electron chi connectivity index (χ1n) is 9.23. The maximum atomic E-state index is 3.38. The zero-order valence-corrected chi connectivity index (χ0v) is 15.8. The molecule has 2 heterocycles. The van der Waals surface area contributed by atoms with Gasteiger partial charge in [0, 0.05) is 6.04 Å². The Morgan fingerprint density at radius 1 is 0.700 bits per heavy atom. The lowest BCUT2D eigenvalue weighted by molar-refractivity contribution is 0.405. The summed E-state index contributed by atoms with van der Waals surface area (Å²) in [6.07, 6.45) is 6.98. The molecular formula is C18H44N2. The maximum absolute atomic E-state index is 3.38. The zero-order chi connectivity index (χ0) is 16.2. The summed E-state index contributed by atoms with van der Waals surface area (Å²) in [5, 5.41) is 6.72. The number of rotatable bonds is 0. The molecule has 0 bridgehead atoms. The van der Waals surface area contributed by atoms with E-state index in [2.05, 4.69) is 24.5 Å². The van der Waals surface area contributed by atoms with E-state index in [0.717, 1.165) is 12.0 Å². The fourth-order valence-corrected chi connectivity index (χ4v) is 2.05. The minimum absolute atomic E-state index is 0.786. The van der Waals surface area contributed by atoms with Crippen LogP contribution in [0.25, 0.3) is 0 Å². The lowest BCUT2D eigenvalue weighted by atomic mass is 10.0. The summed E-state index contributed by atoms with van der Waals surface area (Å²) in [5.74, 6) is 0.925.